The summed E-state index contributed by atoms with van der Waals surface area (Å²) in [6.07, 6.45) is -0.180. The number of aromatic hydroxyl groups is 1. The Kier molecular flexibility index (Phi) is 2.86. The lowest BCUT2D eigenvalue weighted by atomic mass is 10.3. The van der Waals surface area contributed by atoms with E-state index < -0.39 is 17.7 Å². The maximum atomic E-state index is 12.4. The zero-order chi connectivity index (χ0) is 12.4. The molecule has 0 aliphatic carbocycles. The Balaban J connectivity index is 2.53. The number of alkyl halides is 2. The highest BCUT2D eigenvalue weighted by atomic mass is 19.3. The Morgan fingerprint density at radius 3 is 2.71 bits per heavy atom. The minimum Gasteiger partial charge on any atom is -0.508 e. The molecule has 0 spiro atoms. The van der Waals surface area contributed by atoms with Gasteiger partial charge < -0.3 is 5.11 Å². The average Bonchev–Trinajstić information content (AvgIpc) is 2.29. The van der Waals surface area contributed by atoms with Crippen LogP contribution in [0, 0.1) is 0 Å². The Morgan fingerprint density at radius 1 is 1.29 bits per heavy atom. The number of nitrogens with zero attached hydrogens (tertiary/aromatic N) is 2. The van der Waals surface area contributed by atoms with Gasteiger partial charge in [0.2, 0.25) is 0 Å². The van der Waals surface area contributed by atoms with Crippen molar-refractivity contribution in [2.75, 3.05) is 0 Å². The van der Waals surface area contributed by atoms with Gasteiger partial charge in [-0.2, -0.15) is 0 Å². The molecule has 0 saturated carbocycles. The first kappa shape index (κ1) is 11.3. The molecule has 0 saturated heterocycles. The van der Waals surface area contributed by atoms with E-state index in [1.807, 2.05) is 0 Å². The smallest absolute Gasteiger partial charge is 0.280 e. The topological polar surface area (TPSA) is 55.1 Å². The van der Waals surface area contributed by atoms with Gasteiger partial charge in [-0.1, -0.05) is 0 Å². The third-order valence-corrected chi connectivity index (χ3v) is 2.17. The van der Waals surface area contributed by atoms with E-state index >= 15 is 0 Å². The highest BCUT2D eigenvalue weighted by molar-refractivity contribution is 5.34. The maximum absolute atomic E-state index is 12.4. The summed E-state index contributed by atoms with van der Waals surface area (Å²) in [5, 5.41) is 9.08. The number of hydrogen-bond donors (Lipinski definition) is 1. The van der Waals surface area contributed by atoms with Gasteiger partial charge in [-0.15, -0.1) is 0 Å². The molecule has 88 valence electrons. The van der Waals surface area contributed by atoms with Crippen molar-refractivity contribution in [3.05, 3.63) is 52.7 Å². The molecule has 4 nitrogen and oxygen atoms in total. The van der Waals surface area contributed by atoms with Crippen molar-refractivity contribution < 1.29 is 13.9 Å². The third kappa shape index (κ3) is 2.30. The monoisotopic (exact) mass is 238 g/mol. The lowest BCUT2D eigenvalue weighted by Crippen LogP contribution is -2.16. The summed E-state index contributed by atoms with van der Waals surface area (Å²) < 4.78 is 26.0. The molecule has 0 fully saturated rings. The first-order valence-electron chi connectivity index (χ1n) is 4.74. The molecule has 2 aromatic heterocycles. The van der Waals surface area contributed by atoms with Crippen molar-refractivity contribution in [2.45, 2.75) is 6.43 Å². The predicted molar refractivity (Wildman–Crippen MR) is 56.5 cm³/mol. The molecule has 2 heterocycles. The van der Waals surface area contributed by atoms with Gasteiger partial charge >= 0.3 is 0 Å². The SMILES string of the molecule is O=c1cc(O)ccn1-c1ccnc(C(F)F)c1. The first-order chi connectivity index (χ1) is 8.08. The number of halogens is 2. The predicted octanol–water partition coefficient (Wildman–Crippen LogP) is 1.88. The van der Waals surface area contributed by atoms with E-state index in [1.165, 1.54) is 24.5 Å². The summed E-state index contributed by atoms with van der Waals surface area (Å²) in [7, 11) is 0. The van der Waals surface area contributed by atoms with Crippen molar-refractivity contribution in [1.29, 1.82) is 0 Å². The van der Waals surface area contributed by atoms with Gasteiger partial charge in [-0.05, 0) is 18.2 Å². The molecule has 0 unspecified atom stereocenters. The van der Waals surface area contributed by atoms with Gasteiger partial charge in [0.1, 0.15) is 11.4 Å². The average molecular weight is 238 g/mol. The normalized spacial score (nSPS) is 10.8. The molecule has 0 atom stereocenters. The number of aromatic nitrogens is 2. The summed E-state index contributed by atoms with van der Waals surface area (Å²) in [5.41, 5.74) is -0.626. The van der Waals surface area contributed by atoms with Crippen molar-refractivity contribution in [2.24, 2.45) is 0 Å². The Morgan fingerprint density at radius 2 is 2.06 bits per heavy atom. The Labute approximate surface area is 94.8 Å². The van der Waals surface area contributed by atoms with Crippen LogP contribution in [0.25, 0.3) is 5.69 Å². The minimum atomic E-state index is -2.69. The second-order valence-electron chi connectivity index (χ2n) is 3.33. The Hall–Kier alpha value is -2.24. The van der Waals surface area contributed by atoms with E-state index in [-0.39, 0.29) is 11.4 Å². The molecule has 0 aliphatic rings. The van der Waals surface area contributed by atoms with Crippen LogP contribution in [0.4, 0.5) is 8.78 Å². The molecular weight excluding hydrogens is 230 g/mol. The van der Waals surface area contributed by atoms with Crippen LogP contribution in [-0.4, -0.2) is 14.7 Å². The summed E-state index contributed by atoms with van der Waals surface area (Å²) >= 11 is 0. The number of hydrogen-bond acceptors (Lipinski definition) is 3. The van der Waals surface area contributed by atoms with Crippen molar-refractivity contribution >= 4 is 0 Å². The lowest BCUT2D eigenvalue weighted by Gasteiger charge is -2.06. The van der Waals surface area contributed by atoms with Gasteiger partial charge in [0, 0.05) is 18.5 Å². The molecule has 2 rings (SSSR count). The lowest BCUT2D eigenvalue weighted by molar-refractivity contribution is 0.146. The molecule has 1 N–H and O–H groups in total. The quantitative estimate of drug-likeness (QED) is 0.869. The van der Waals surface area contributed by atoms with Crippen LogP contribution in [0.2, 0.25) is 0 Å². The third-order valence-electron chi connectivity index (χ3n) is 2.17. The van der Waals surface area contributed by atoms with Crippen molar-refractivity contribution in [3.63, 3.8) is 0 Å². The molecular formula is C11H8F2N2O2. The zero-order valence-corrected chi connectivity index (χ0v) is 8.55. The highest BCUT2D eigenvalue weighted by Crippen LogP contribution is 2.18. The van der Waals surface area contributed by atoms with Crippen LogP contribution >= 0.6 is 0 Å². The molecule has 0 amide bonds. The van der Waals surface area contributed by atoms with Crippen LogP contribution in [0.15, 0.2) is 41.5 Å². The van der Waals surface area contributed by atoms with Crippen LogP contribution < -0.4 is 5.56 Å². The maximum Gasteiger partial charge on any atom is 0.280 e. The summed E-state index contributed by atoms with van der Waals surface area (Å²) in [5.74, 6) is -0.172. The van der Waals surface area contributed by atoms with Gasteiger partial charge in [-0.25, -0.2) is 8.78 Å². The van der Waals surface area contributed by atoms with E-state index in [1.54, 1.807) is 0 Å². The van der Waals surface area contributed by atoms with Crippen LogP contribution in [0.3, 0.4) is 0 Å². The van der Waals surface area contributed by atoms with Crippen molar-refractivity contribution in [1.82, 2.24) is 9.55 Å². The van der Waals surface area contributed by atoms with E-state index in [9.17, 15) is 13.6 Å². The summed E-state index contributed by atoms with van der Waals surface area (Å²) in [6, 6.07) is 4.86. The molecule has 0 aromatic carbocycles. The van der Waals surface area contributed by atoms with Gasteiger partial charge in [0.25, 0.3) is 12.0 Å². The van der Waals surface area contributed by atoms with Gasteiger partial charge in [0.05, 0.1) is 5.69 Å². The van der Waals surface area contributed by atoms with E-state index in [4.69, 9.17) is 5.11 Å². The zero-order valence-electron chi connectivity index (χ0n) is 8.55. The van der Waals surface area contributed by atoms with Crippen LogP contribution in [0.1, 0.15) is 12.1 Å². The van der Waals surface area contributed by atoms with Gasteiger partial charge in [0.15, 0.2) is 0 Å². The molecule has 6 heteroatoms. The van der Waals surface area contributed by atoms with Crippen LogP contribution in [-0.2, 0) is 0 Å². The first-order valence-corrected chi connectivity index (χ1v) is 4.74. The fraction of sp³-hybridized carbons (Fsp3) is 0.0909. The fourth-order valence-corrected chi connectivity index (χ4v) is 1.39. The highest BCUT2D eigenvalue weighted by Gasteiger charge is 2.10. The fourth-order valence-electron chi connectivity index (χ4n) is 1.39. The number of rotatable bonds is 2. The molecule has 0 aliphatic heterocycles. The van der Waals surface area contributed by atoms with E-state index in [0.717, 1.165) is 16.7 Å². The summed E-state index contributed by atoms with van der Waals surface area (Å²) in [4.78, 5) is 15.0. The van der Waals surface area contributed by atoms with Crippen LogP contribution in [0.5, 0.6) is 5.75 Å². The van der Waals surface area contributed by atoms with Gasteiger partial charge in [-0.3, -0.25) is 14.3 Å². The van der Waals surface area contributed by atoms with E-state index in [0.29, 0.717) is 0 Å². The Bertz CT molecular complexity index is 596. The molecule has 0 radical (unpaired) electrons. The molecule has 2 aromatic rings. The number of pyridine rings is 2. The second kappa shape index (κ2) is 4.32. The molecule has 0 bridgehead atoms. The second-order valence-corrected chi connectivity index (χ2v) is 3.33. The van der Waals surface area contributed by atoms with E-state index in [2.05, 4.69) is 4.98 Å². The largest absolute Gasteiger partial charge is 0.508 e. The minimum absolute atomic E-state index is 0.172. The summed E-state index contributed by atoms with van der Waals surface area (Å²) in [6.45, 7) is 0. The standard InChI is InChI=1S/C11H8F2N2O2/c12-11(13)9-5-7(1-3-14-9)15-4-2-8(16)6-10(15)17/h1-6,11,16H. The van der Waals surface area contributed by atoms with Crippen molar-refractivity contribution in [3.8, 4) is 11.4 Å². The molecule has 17 heavy (non-hydrogen) atoms.